The number of aromatic amines is 1. The van der Waals surface area contributed by atoms with Crippen LogP contribution in [0, 0.1) is 13.8 Å². The van der Waals surface area contributed by atoms with Gasteiger partial charge in [-0.15, -0.1) is 0 Å². The highest BCUT2D eigenvalue weighted by Gasteiger charge is 2.30. The first kappa shape index (κ1) is 17.3. The third-order valence-electron chi connectivity index (χ3n) is 5.32. The van der Waals surface area contributed by atoms with Crippen LogP contribution in [0.2, 0.25) is 0 Å². The van der Waals surface area contributed by atoms with E-state index in [2.05, 4.69) is 36.2 Å². The fourth-order valence-corrected chi connectivity index (χ4v) is 5.40. The largest absolute Gasteiger partial charge is 0.358 e. The average molecular weight is 369 g/mol. The topological polar surface area (TPSA) is 53.2 Å². The van der Waals surface area contributed by atoms with Gasteiger partial charge in [0.2, 0.25) is 10.0 Å². The first-order chi connectivity index (χ1) is 12.4. The van der Waals surface area contributed by atoms with E-state index in [-0.39, 0.29) is 0 Å². The molecule has 0 bridgehead atoms. The van der Waals surface area contributed by atoms with Gasteiger partial charge in [-0.1, -0.05) is 23.8 Å². The highest BCUT2D eigenvalue weighted by Crippen LogP contribution is 2.32. The summed E-state index contributed by atoms with van der Waals surface area (Å²) in [5, 5.41) is 1.23. The number of hydrogen-bond donors (Lipinski definition) is 1. The Hall–Kier alpha value is -2.11. The van der Waals surface area contributed by atoms with Gasteiger partial charge < -0.3 is 4.98 Å². The molecule has 3 aromatic rings. The fraction of sp³-hybridized carbons (Fsp3) is 0.333. The number of aryl methyl sites for hydroxylation is 2. The molecule has 0 unspecified atom stereocenters. The molecule has 0 aliphatic carbocycles. The molecule has 1 N–H and O–H groups in total. The summed E-state index contributed by atoms with van der Waals surface area (Å²) in [4.78, 5) is 3.92. The Morgan fingerprint density at radius 2 is 1.69 bits per heavy atom. The Morgan fingerprint density at radius 3 is 2.42 bits per heavy atom. The number of sulfonamides is 1. The monoisotopic (exact) mass is 368 g/mol. The van der Waals surface area contributed by atoms with Crippen molar-refractivity contribution in [2.75, 3.05) is 13.1 Å². The quantitative estimate of drug-likeness (QED) is 0.747. The summed E-state index contributed by atoms with van der Waals surface area (Å²) in [6.45, 7) is 5.15. The van der Waals surface area contributed by atoms with E-state index in [4.69, 9.17) is 0 Å². The summed E-state index contributed by atoms with van der Waals surface area (Å²) >= 11 is 0. The number of nitrogens with zero attached hydrogens (tertiary/aromatic N) is 1. The third kappa shape index (κ3) is 3.17. The first-order valence-corrected chi connectivity index (χ1v) is 10.5. The first-order valence-electron chi connectivity index (χ1n) is 9.09. The summed E-state index contributed by atoms with van der Waals surface area (Å²) in [5.41, 5.74) is 4.59. The molecule has 4 rings (SSSR count). The molecule has 1 aliphatic rings. The lowest BCUT2D eigenvalue weighted by Crippen LogP contribution is -2.37. The molecule has 1 saturated heterocycles. The lowest BCUT2D eigenvalue weighted by molar-refractivity contribution is 0.317. The maximum Gasteiger partial charge on any atom is 0.243 e. The van der Waals surface area contributed by atoms with Crippen molar-refractivity contribution < 1.29 is 8.42 Å². The van der Waals surface area contributed by atoms with Crippen LogP contribution in [-0.4, -0.2) is 30.8 Å². The molecular weight excluding hydrogens is 344 g/mol. The van der Waals surface area contributed by atoms with Gasteiger partial charge in [0.05, 0.1) is 4.90 Å². The van der Waals surface area contributed by atoms with Crippen LogP contribution in [0.3, 0.4) is 0 Å². The lowest BCUT2D eigenvalue weighted by atomic mass is 9.95. The normalized spacial score (nSPS) is 17.0. The molecule has 0 amide bonds. The summed E-state index contributed by atoms with van der Waals surface area (Å²) in [5.74, 6) is 0.381. The van der Waals surface area contributed by atoms with Gasteiger partial charge in [-0.2, -0.15) is 4.31 Å². The van der Waals surface area contributed by atoms with Gasteiger partial charge in [-0.05, 0) is 68.0 Å². The predicted octanol–water partition coefficient (Wildman–Crippen LogP) is 4.35. The van der Waals surface area contributed by atoms with E-state index in [9.17, 15) is 8.42 Å². The van der Waals surface area contributed by atoms with Gasteiger partial charge in [0.25, 0.3) is 0 Å². The molecule has 0 saturated carbocycles. The molecule has 0 spiro atoms. The molecule has 1 aromatic heterocycles. The maximum absolute atomic E-state index is 12.9. The second-order valence-corrected chi connectivity index (χ2v) is 9.25. The van der Waals surface area contributed by atoms with Crippen molar-refractivity contribution in [2.24, 2.45) is 0 Å². The van der Waals surface area contributed by atoms with Crippen LogP contribution in [0.1, 0.15) is 35.6 Å². The highest BCUT2D eigenvalue weighted by molar-refractivity contribution is 7.89. The van der Waals surface area contributed by atoms with Crippen LogP contribution in [-0.2, 0) is 10.0 Å². The molecule has 1 fully saturated rings. The minimum atomic E-state index is -3.40. The van der Waals surface area contributed by atoms with Crippen molar-refractivity contribution in [3.63, 3.8) is 0 Å². The van der Waals surface area contributed by atoms with E-state index < -0.39 is 10.0 Å². The van der Waals surface area contributed by atoms with Crippen molar-refractivity contribution in [1.29, 1.82) is 0 Å². The Kier molecular flexibility index (Phi) is 4.37. The number of nitrogens with one attached hydrogen (secondary N) is 1. The molecule has 2 aromatic carbocycles. The SMILES string of the molecule is Cc1cccc(S(=O)(=O)N2CCC(c3cc4cc(C)ccc4[nH]3)CC2)c1. The summed E-state index contributed by atoms with van der Waals surface area (Å²) in [6.07, 6.45) is 1.69. The van der Waals surface area contributed by atoms with E-state index in [0.717, 1.165) is 23.9 Å². The molecular formula is C21H24N2O2S. The lowest BCUT2D eigenvalue weighted by Gasteiger charge is -2.31. The van der Waals surface area contributed by atoms with E-state index in [1.54, 1.807) is 22.5 Å². The standard InChI is InChI=1S/C21H24N2O2S/c1-15-4-3-5-19(13-15)26(24,25)23-10-8-17(9-11-23)21-14-18-12-16(2)6-7-20(18)22-21/h3-7,12-14,17,22H,8-11H2,1-2H3. The Morgan fingerprint density at radius 1 is 0.962 bits per heavy atom. The number of H-pyrrole nitrogens is 1. The smallest absolute Gasteiger partial charge is 0.243 e. The van der Waals surface area contributed by atoms with Gasteiger partial charge in [-0.25, -0.2) is 8.42 Å². The zero-order valence-electron chi connectivity index (χ0n) is 15.2. The van der Waals surface area contributed by atoms with E-state index in [1.165, 1.54) is 16.6 Å². The number of fused-ring (bicyclic) bond motifs is 1. The van der Waals surface area contributed by atoms with E-state index in [0.29, 0.717) is 23.9 Å². The molecule has 0 radical (unpaired) electrons. The van der Waals surface area contributed by atoms with E-state index >= 15 is 0 Å². The maximum atomic E-state index is 12.9. The Labute approximate surface area is 154 Å². The van der Waals surface area contributed by atoms with Gasteiger partial charge in [-0.3, -0.25) is 0 Å². The summed E-state index contributed by atoms with van der Waals surface area (Å²) < 4.78 is 27.4. The van der Waals surface area contributed by atoms with Crippen LogP contribution in [0.15, 0.2) is 53.4 Å². The van der Waals surface area contributed by atoms with Crippen molar-refractivity contribution >= 4 is 20.9 Å². The average Bonchev–Trinajstić information content (AvgIpc) is 3.05. The van der Waals surface area contributed by atoms with Crippen LogP contribution in [0.4, 0.5) is 0 Å². The van der Waals surface area contributed by atoms with Crippen LogP contribution in [0.5, 0.6) is 0 Å². The molecule has 2 heterocycles. The predicted molar refractivity (Wildman–Crippen MR) is 105 cm³/mol. The number of aromatic nitrogens is 1. The fourth-order valence-electron chi connectivity index (χ4n) is 3.83. The minimum absolute atomic E-state index is 0.381. The second kappa shape index (κ2) is 6.56. The molecule has 1 aliphatic heterocycles. The molecule has 136 valence electrons. The van der Waals surface area contributed by atoms with Gasteiger partial charge in [0, 0.05) is 30.2 Å². The van der Waals surface area contributed by atoms with Crippen LogP contribution < -0.4 is 0 Å². The van der Waals surface area contributed by atoms with E-state index in [1.807, 2.05) is 13.0 Å². The third-order valence-corrected chi connectivity index (χ3v) is 7.21. The molecule has 5 heteroatoms. The van der Waals surface area contributed by atoms with Crippen molar-refractivity contribution in [2.45, 2.75) is 37.5 Å². The minimum Gasteiger partial charge on any atom is -0.358 e. The molecule has 0 atom stereocenters. The molecule has 26 heavy (non-hydrogen) atoms. The Balaban J connectivity index is 1.51. The van der Waals surface area contributed by atoms with Gasteiger partial charge in [0.1, 0.15) is 0 Å². The zero-order chi connectivity index (χ0) is 18.3. The number of hydrogen-bond acceptors (Lipinski definition) is 2. The number of benzene rings is 2. The van der Waals surface area contributed by atoms with Crippen LogP contribution in [0.25, 0.3) is 10.9 Å². The van der Waals surface area contributed by atoms with Gasteiger partial charge in [0.15, 0.2) is 0 Å². The van der Waals surface area contributed by atoms with Gasteiger partial charge >= 0.3 is 0 Å². The second-order valence-electron chi connectivity index (χ2n) is 7.31. The van der Waals surface area contributed by atoms with Crippen LogP contribution >= 0.6 is 0 Å². The summed E-state index contributed by atoms with van der Waals surface area (Å²) in [6, 6.07) is 15.8. The van der Waals surface area contributed by atoms with Crippen molar-refractivity contribution in [1.82, 2.24) is 9.29 Å². The number of piperidine rings is 1. The van der Waals surface area contributed by atoms with Crippen molar-refractivity contribution in [3.05, 3.63) is 65.4 Å². The van der Waals surface area contributed by atoms with Crippen molar-refractivity contribution in [3.8, 4) is 0 Å². The molecule has 4 nitrogen and oxygen atoms in total. The highest BCUT2D eigenvalue weighted by atomic mass is 32.2. The zero-order valence-corrected chi connectivity index (χ0v) is 16.0. The summed E-state index contributed by atoms with van der Waals surface area (Å²) in [7, 11) is -3.40. The Bertz CT molecular complexity index is 1040. The number of rotatable bonds is 3.